The number of rotatable bonds is 6. The highest BCUT2D eigenvalue weighted by Crippen LogP contribution is 2.28. The summed E-state index contributed by atoms with van der Waals surface area (Å²) in [5.74, 6) is 1.02. The Morgan fingerprint density at radius 1 is 0.833 bits per heavy atom. The average Bonchev–Trinajstić information content (AvgIpc) is 3.09. The van der Waals surface area contributed by atoms with Crippen molar-refractivity contribution >= 4 is 17.4 Å². The molecule has 1 fully saturated rings. The van der Waals surface area contributed by atoms with Crippen LogP contribution >= 0.6 is 0 Å². The maximum atomic E-state index is 12.9. The third-order valence-electron chi connectivity index (χ3n) is 5.76. The molecule has 2 aromatic carbocycles. The Hall–Kier alpha value is -3.14. The molecule has 0 spiro atoms. The van der Waals surface area contributed by atoms with E-state index in [-0.39, 0.29) is 11.8 Å². The minimum absolute atomic E-state index is 0.00275. The van der Waals surface area contributed by atoms with Crippen LogP contribution in [0.5, 0.6) is 0 Å². The Labute approximate surface area is 179 Å². The fourth-order valence-corrected chi connectivity index (χ4v) is 4.14. The number of hydrogen-bond acceptors (Lipinski definition) is 3. The number of carbonyl (C=O) groups excluding carboxylic acids is 1. The molecule has 0 aliphatic carbocycles. The minimum Gasteiger partial charge on any atom is -0.357 e. The molecular weight excluding hydrogens is 370 g/mol. The number of nitrogens with zero attached hydrogens (tertiary/aromatic N) is 2. The summed E-state index contributed by atoms with van der Waals surface area (Å²) in [7, 11) is 0. The largest absolute Gasteiger partial charge is 0.357 e. The number of carbonyl (C=O) groups is 1. The lowest BCUT2D eigenvalue weighted by Gasteiger charge is -2.21. The van der Waals surface area contributed by atoms with E-state index >= 15 is 0 Å². The molecule has 1 N–H and O–H groups in total. The van der Waals surface area contributed by atoms with Crippen molar-refractivity contribution in [3.8, 4) is 0 Å². The molecule has 2 heterocycles. The summed E-state index contributed by atoms with van der Waals surface area (Å²) in [6.45, 7) is 2.13. The van der Waals surface area contributed by atoms with E-state index in [4.69, 9.17) is 0 Å². The molecular formula is C26H29N3O. The van der Waals surface area contributed by atoms with Gasteiger partial charge in [-0.2, -0.15) is 0 Å². The lowest BCUT2D eigenvalue weighted by atomic mass is 9.88. The third-order valence-corrected chi connectivity index (χ3v) is 5.76. The van der Waals surface area contributed by atoms with Crippen LogP contribution in [0.15, 0.2) is 79.0 Å². The lowest BCUT2D eigenvalue weighted by molar-refractivity contribution is -0.116. The van der Waals surface area contributed by atoms with Crippen LogP contribution < -0.4 is 10.2 Å². The van der Waals surface area contributed by atoms with Gasteiger partial charge in [-0.15, -0.1) is 0 Å². The number of anilines is 2. The molecule has 4 heteroatoms. The van der Waals surface area contributed by atoms with E-state index in [0.717, 1.165) is 35.7 Å². The first-order valence-electron chi connectivity index (χ1n) is 10.9. The van der Waals surface area contributed by atoms with Crippen LogP contribution in [0.25, 0.3) is 0 Å². The number of aromatic nitrogens is 1. The van der Waals surface area contributed by atoms with Gasteiger partial charge in [0.15, 0.2) is 0 Å². The van der Waals surface area contributed by atoms with Crippen LogP contribution in [0.2, 0.25) is 0 Å². The molecule has 1 aliphatic heterocycles. The molecule has 30 heavy (non-hydrogen) atoms. The van der Waals surface area contributed by atoms with Crippen molar-refractivity contribution < 1.29 is 4.79 Å². The van der Waals surface area contributed by atoms with Gasteiger partial charge in [0.2, 0.25) is 5.91 Å². The second kappa shape index (κ2) is 10.1. The number of benzene rings is 2. The van der Waals surface area contributed by atoms with Crippen LogP contribution in [0.4, 0.5) is 11.5 Å². The number of pyridine rings is 1. The molecule has 1 saturated heterocycles. The third kappa shape index (κ3) is 5.26. The zero-order valence-electron chi connectivity index (χ0n) is 17.3. The summed E-state index contributed by atoms with van der Waals surface area (Å²) in [6.07, 6.45) is 7.21. The van der Waals surface area contributed by atoms with Crippen molar-refractivity contribution in [1.82, 2.24) is 4.98 Å². The van der Waals surface area contributed by atoms with Gasteiger partial charge in [-0.05, 0) is 36.1 Å². The molecule has 0 saturated carbocycles. The zero-order valence-corrected chi connectivity index (χ0v) is 17.3. The molecule has 3 aromatic rings. The van der Waals surface area contributed by atoms with E-state index < -0.39 is 0 Å². The molecule has 0 unspecified atom stereocenters. The van der Waals surface area contributed by atoms with E-state index in [0.29, 0.717) is 6.42 Å². The molecule has 1 aliphatic rings. The topological polar surface area (TPSA) is 45.2 Å². The Morgan fingerprint density at radius 3 is 1.97 bits per heavy atom. The second-order valence-electron chi connectivity index (χ2n) is 7.93. The summed E-state index contributed by atoms with van der Waals surface area (Å²) < 4.78 is 0. The van der Waals surface area contributed by atoms with Crippen molar-refractivity contribution in [3.63, 3.8) is 0 Å². The SMILES string of the molecule is O=C(CC(c1ccccc1)c1ccccc1)Nc1ccc(N2CCCCCC2)nc1. The van der Waals surface area contributed by atoms with Crippen LogP contribution in [-0.4, -0.2) is 24.0 Å². The van der Waals surface area contributed by atoms with Gasteiger partial charge in [0.25, 0.3) is 0 Å². The number of hydrogen-bond donors (Lipinski definition) is 1. The van der Waals surface area contributed by atoms with Crippen LogP contribution in [-0.2, 0) is 4.79 Å². The number of amides is 1. The quantitative estimate of drug-likeness (QED) is 0.585. The van der Waals surface area contributed by atoms with Gasteiger partial charge >= 0.3 is 0 Å². The molecule has 1 amide bonds. The summed E-state index contributed by atoms with van der Waals surface area (Å²) >= 11 is 0. The molecule has 4 nitrogen and oxygen atoms in total. The Morgan fingerprint density at radius 2 is 1.43 bits per heavy atom. The Balaban J connectivity index is 1.43. The first kappa shape index (κ1) is 20.1. The molecule has 154 valence electrons. The van der Waals surface area contributed by atoms with Gasteiger partial charge in [-0.25, -0.2) is 4.98 Å². The van der Waals surface area contributed by atoms with Gasteiger partial charge in [0, 0.05) is 25.4 Å². The van der Waals surface area contributed by atoms with Crippen molar-refractivity contribution in [2.24, 2.45) is 0 Å². The van der Waals surface area contributed by atoms with Gasteiger partial charge in [0.05, 0.1) is 11.9 Å². The zero-order chi connectivity index (χ0) is 20.6. The highest BCUT2D eigenvalue weighted by atomic mass is 16.1. The fraction of sp³-hybridized carbons (Fsp3) is 0.308. The predicted octanol–water partition coefficient (Wildman–Crippen LogP) is 5.62. The van der Waals surface area contributed by atoms with E-state index in [1.165, 1.54) is 25.7 Å². The van der Waals surface area contributed by atoms with Crippen LogP contribution in [0, 0.1) is 0 Å². The van der Waals surface area contributed by atoms with E-state index in [1.54, 1.807) is 6.20 Å². The monoisotopic (exact) mass is 399 g/mol. The van der Waals surface area contributed by atoms with Crippen molar-refractivity contribution in [2.45, 2.75) is 38.0 Å². The smallest absolute Gasteiger partial charge is 0.225 e. The minimum atomic E-state index is -0.00275. The molecule has 0 bridgehead atoms. The highest BCUT2D eigenvalue weighted by molar-refractivity contribution is 5.91. The van der Waals surface area contributed by atoms with E-state index in [2.05, 4.69) is 39.5 Å². The molecule has 0 atom stereocenters. The second-order valence-corrected chi connectivity index (χ2v) is 7.93. The first-order valence-corrected chi connectivity index (χ1v) is 10.9. The lowest BCUT2D eigenvalue weighted by Crippen LogP contribution is -2.24. The average molecular weight is 400 g/mol. The highest BCUT2D eigenvalue weighted by Gasteiger charge is 2.18. The van der Waals surface area contributed by atoms with Gasteiger partial charge in [-0.3, -0.25) is 4.79 Å². The van der Waals surface area contributed by atoms with Crippen LogP contribution in [0.3, 0.4) is 0 Å². The summed E-state index contributed by atoms with van der Waals surface area (Å²) in [5, 5.41) is 3.03. The normalized spacial score (nSPS) is 14.4. The Bertz CT molecular complexity index is 878. The molecule has 0 radical (unpaired) electrons. The summed E-state index contributed by atoms with van der Waals surface area (Å²) in [4.78, 5) is 19.8. The summed E-state index contributed by atoms with van der Waals surface area (Å²) in [5.41, 5.74) is 3.04. The molecule has 4 rings (SSSR count). The van der Waals surface area contributed by atoms with E-state index in [1.807, 2.05) is 48.5 Å². The predicted molar refractivity (Wildman–Crippen MR) is 123 cm³/mol. The standard InChI is InChI=1S/C26H29N3O/c30-26(19-24(21-11-5-3-6-12-21)22-13-7-4-8-14-22)28-23-15-16-25(27-20-23)29-17-9-1-2-10-18-29/h3-8,11-16,20,24H,1-2,9-10,17-19H2,(H,28,30). The van der Waals surface area contributed by atoms with Crippen molar-refractivity contribution in [1.29, 1.82) is 0 Å². The summed E-state index contributed by atoms with van der Waals surface area (Å²) in [6, 6.07) is 24.4. The number of nitrogens with one attached hydrogen (secondary N) is 1. The first-order chi connectivity index (χ1) is 14.8. The van der Waals surface area contributed by atoms with Gasteiger partial charge in [-0.1, -0.05) is 73.5 Å². The van der Waals surface area contributed by atoms with Gasteiger partial charge in [0.1, 0.15) is 5.82 Å². The Kier molecular flexibility index (Phi) is 6.75. The van der Waals surface area contributed by atoms with Gasteiger partial charge < -0.3 is 10.2 Å². The van der Waals surface area contributed by atoms with Crippen molar-refractivity contribution in [2.75, 3.05) is 23.3 Å². The maximum Gasteiger partial charge on any atom is 0.225 e. The maximum absolute atomic E-state index is 12.9. The van der Waals surface area contributed by atoms with E-state index in [9.17, 15) is 4.79 Å². The fourth-order valence-electron chi connectivity index (χ4n) is 4.14. The molecule has 1 aromatic heterocycles. The van der Waals surface area contributed by atoms with Crippen LogP contribution in [0.1, 0.15) is 49.1 Å². The van der Waals surface area contributed by atoms with Crippen molar-refractivity contribution in [3.05, 3.63) is 90.1 Å².